The van der Waals surface area contributed by atoms with Crippen molar-refractivity contribution in [3.63, 3.8) is 0 Å². The second kappa shape index (κ2) is 5.84. The van der Waals surface area contributed by atoms with Crippen molar-refractivity contribution >= 4 is 29.2 Å². The van der Waals surface area contributed by atoms with Gasteiger partial charge >= 0.3 is 5.97 Å². The first kappa shape index (κ1) is 14.9. The van der Waals surface area contributed by atoms with E-state index in [9.17, 15) is 18.4 Å². The predicted octanol–water partition coefficient (Wildman–Crippen LogP) is 2.96. The first-order valence-corrected chi connectivity index (χ1v) is 5.91. The number of pyridine rings is 1. The van der Waals surface area contributed by atoms with Crippen LogP contribution >= 0.6 is 11.6 Å². The normalized spacial score (nSPS) is 10.2. The fourth-order valence-corrected chi connectivity index (χ4v) is 1.64. The Morgan fingerprint density at radius 1 is 1.19 bits per heavy atom. The van der Waals surface area contributed by atoms with E-state index >= 15 is 0 Å². The molecule has 0 saturated carbocycles. The molecule has 2 rings (SSSR count). The van der Waals surface area contributed by atoms with Crippen LogP contribution in [0.5, 0.6) is 0 Å². The van der Waals surface area contributed by atoms with Crippen molar-refractivity contribution in [1.82, 2.24) is 4.98 Å². The highest BCUT2D eigenvalue weighted by Gasteiger charge is 2.16. The van der Waals surface area contributed by atoms with E-state index in [2.05, 4.69) is 10.3 Å². The minimum atomic E-state index is -1.22. The van der Waals surface area contributed by atoms with E-state index in [1.54, 1.807) is 0 Å². The third-order valence-electron chi connectivity index (χ3n) is 2.50. The third-order valence-corrected chi connectivity index (χ3v) is 2.78. The zero-order valence-corrected chi connectivity index (χ0v) is 11.0. The number of aromatic nitrogens is 1. The zero-order chi connectivity index (χ0) is 15.6. The molecule has 0 aliphatic carbocycles. The van der Waals surface area contributed by atoms with E-state index in [1.807, 2.05) is 0 Å². The van der Waals surface area contributed by atoms with Gasteiger partial charge in [-0.05, 0) is 24.3 Å². The van der Waals surface area contributed by atoms with E-state index in [1.165, 1.54) is 6.07 Å². The molecule has 1 aromatic heterocycles. The summed E-state index contributed by atoms with van der Waals surface area (Å²) in [5, 5.41) is 10.5. The number of carboxylic acid groups (broad SMARTS) is 1. The average molecular weight is 313 g/mol. The molecular weight excluding hydrogens is 306 g/mol. The van der Waals surface area contributed by atoms with E-state index in [-0.39, 0.29) is 11.4 Å². The number of hydrogen-bond acceptors (Lipinski definition) is 3. The molecule has 0 atom stereocenters. The van der Waals surface area contributed by atoms with Gasteiger partial charge in [0.1, 0.15) is 17.3 Å². The molecular formula is C13H7ClF2N2O3. The van der Waals surface area contributed by atoms with Crippen LogP contribution in [0.4, 0.5) is 14.5 Å². The van der Waals surface area contributed by atoms with Gasteiger partial charge < -0.3 is 10.4 Å². The highest BCUT2D eigenvalue weighted by Crippen LogP contribution is 2.20. The minimum absolute atomic E-state index is 0.139. The van der Waals surface area contributed by atoms with E-state index in [4.69, 9.17) is 16.7 Å². The Balaban J connectivity index is 2.22. The Bertz CT molecular complexity index is 720. The van der Waals surface area contributed by atoms with Gasteiger partial charge in [-0.1, -0.05) is 11.6 Å². The van der Waals surface area contributed by atoms with Gasteiger partial charge in [0.25, 0.3) is 5.91 Å². The number of rotatable bonds is 3. The molecule has 0 bridgehead atoms. The fraction of sp³-hybridized carbons (Fsp3) is 0. The number of hydrogen-bond donors (Lipinski definition) is 2. The van der Waals surface area contributed by atoms with Crippen LogP contribution in [0.3, 0.4) is 0 Å². The number of nitrogens with one attached hydrogen (secondary N) is 1. The SMILES string of the molecule is O=C(O)c1ccc(NC(=O)c2cc(F)c(Cl)cc2F)cn1. The minimum Gasteiger partial charge on any atom is -0.477 e. The van der Waals surface area contributed by atoms with Crippen LogP contribution in [0.1, 0.15) is 20.8 Å². The van der Waals surface area contributed by atoms with Crippen LogP contribution in [-0.4, -0.2) is 22.0 Å². The van der Waals surface area contributed by atoms with Crippen LogP contribution in [0.25, 0.3) is 0 Å². The summed E-state index contributed by atoms with van der Waals surface area (Å²) >= 11 is 5.39. The maximum atomic E-state index is 13.5. The summed E-state index contributed by atoms with van der Waals surface area (Å²) < 4.78 is 26.8. The molecule has 0 aliphatic heterocycles. The second-order valence-corrected chi connectivity index (χ2v) is 4.34. The van der Waals surface area contributed by atoms with Gasteiger partial charge in [0.2, 0.25) is 0 Å². The number of carbonyl (C=O) groups excluding carboxylic acids is 1. The largest absolute Gasteiger partial charge is 0.477 e. The summed E-state index contributed by atoms with van der Waals surface area (Å²) in [4.78, 5) is 26.0. The lowest BCUT2D eigenvalue weighted by Crippen LogP contribution is -2.14. The van der Waals surface area contributed by atoms with Crippen molar-refractivity contribution in [3.8, 4) is 0 Å². The molecule has 0 saturated heterocycles. The number of benzene rings is 1. The molecule has 21 heavy (non-hydrogen) atoms. The quantitative estimate of drug-likeness (QED) is 0.854. The summed E-state index contributed by atoms with van der Waals surface area (Å²) in [6, 6.07) is 3.80. The molecule has 0 fully saturated rings. The topological polar surface area (TPSA) is 79.3 Å². The number of nitrogens with zero attached hydrogens (tertiary/aromatic N) is 1. The maximum Gasteiger partial charge on any atom is 0.354 e. The van der Waals surface area contributed by atoms with E-state index in [0.717, 1.165) is 12.3 Å². The molecule has 1 aromatic carbocycles. The average Bonchev–Trinajstić information content (AvgIpc) is 2.43. The molecule has 0 aliphatic rings. The summed E-state index contributed by atoms with van der Waals surface area (Å²) in [5.41, 5.74) is -0.601. The van der Waals surface area contributed by atoms with Gasteiger partial charge in [-0.25, -0.2) is 18.6 Å². The molecule has 1 heterocycles. The van der Waals surface area contributed by atoms with Gasteiger partial charge in [-0.2, -0.15) is 0 Å². The molecule has 2 aromatic rings. The smallest absolute Gasteiger partial charge is 0.354 e. The third kappa shape index (κ3) is 3.32. The standard InChI is InChI=1S/C13H7ClF2N2O3/c14-8-4-9(15)7(3-10(8)16)12(19)18-6-1-2-11(13(20)21)17-5-6/h1-5H,(H,18,19)(H,20,21). The Morgan fingerprint density at radius 2 is 1.90 bits per heavy atom. The van der Waals surface area contributed by atoms with Crippen molar-refractivity contribution in [1.29, 1.82) is 0 Å². The monoisotopic (exact) mass is 312 g/mol. The van der Waals surface area contributed by atoms with Crippen molar-refractivity contribution < 1.29 is 23.5 Å². The molecule has 108 valence electrons. The highest BCUT2D eigenvalue weighted by molar-refractivity contribution is 6.30. The van der Waals surface area contributed by atoms with Crippen molar-refractivity contribution in [2.24, 2.45) is 0 Å². The fourth-order valence-electron chi connectivity index (χ4n) is 1.49. The number of anilines is 1. The molecule has 5 nitrogen and oxygen atoms in total. The van der Waals surface area contributed by atoms with Crippen molar-refractivity contribution in [2.75, 3.05) is 5.32 Å². The Morgan fingerprint density at radius 3 is 2.48 bits per heavy atom. The van der Waals surface area contributed by atoms with Crippen molar-refractivity contribution in [2.45, 2.75) is 0 Å². The lowest BCUT2D eigenvalue weighted by atomic mass is 10.2. The number of halogens is 3. The Hall–Kier alpha value is -2.54. The first-order chi connectivity index (χ1) is 9.88. The molecule has 0 radical (unpaired) electrons. The number of aromatic carboxylic acids is 1. The summed E-state index contributed by atoms with van der Waals surface area (Å²) in [5.74, 6) is -4.04. The lowest BCUT2D eigenvalue weighted by Gasteiger charge is -2.07. The maximum absolute atomic E-state index is 13.5. The van der Waals surface area contributed by atoms with Crippen LogP contribution in [0, 0.1) is 11.6 Å². The highest BCUT2D eigenvalue weighted by atomic mass is 35.5. The zero-order valence-electron chi connectivity index (χ0n) is 10.2. The van der Waals surface area contributed by atoms with Gasteiger partial charge in [0.15, 0.2) is 0 Å². The van der Waals surface area contributed by atoms with Gasteiger partial charge in [-0.15, -0.1) is 0 Å². The lowest BCUT2D eigenvalue weighted by molar-refractivity contribution is 0.0690. The van der Waals surface area contributed by atoms with Gasteiger partial charge in [0, 0.05) is 0 Å². The summed E-state index contributed by atoms with van der Waals surface area (Å²) in [6.45, 7) is 0. The van der Waals surface area contributed by atoms with Crippen LogP contribution in [-0.2, 0) is 0 Å². The second-order valence-electron chi connectivity index (χ2n) is 3.94. The molecule has 2 N–H and O–H groups in total. The van der Waals surface area contributed by atoms with Crippen LogP contribution in [0.15, 0.2) is 30.5 Å². The number of carboxylic acids is 1. The Labute approximate surface area is 122 Å². The molecule has 0 spiro atoms. The first-order valence-electron chi connectivity index (χ1n) is 5.53. The number of carbonyl (C=O) groups is 2. The number of amides is 1. The van der Waals surface area contributed by atoms with Crippen LogP contribution < -0.4 is 5.32 Å². The molecule has 8 heteroatoms. The van der Waals surface area contributed by atoms with E-state index in [0.29, 0.717) is 12.1 Å². The van der Waals surface area contributed by atoms with E-state index < -0.39 is 34.1 Å². The summed E-state index contributed by atoms with van der Waals surface area (Å²) in [7, 11) is 0. The molecule has 1 amide bonds. The summed E-state index contributed by atoms with van der Waals surface area (Å²) in [6.07, 6.45) is 1.09. The van der Waals surface area contributed by atoms with Gasteiger partial charge in [0.05, 0.1) is 22.5 Å². The Kier molecular flexibility index (Phi) is 4.13. The van der Waals surface area contributed by atoms with Crippen molar-refractivity contribution in [3.05, 3.63) is 58.4 Å². The molecule has 0 unspecified atom stereocenters. The van der Waals surface area contributed by atoms with Gasteiger partial charge in [-0.3, -0.25) is 4.79 Å². The predicted molar refractivity (Wildman–Crippen MR) is 70.5 cm³/mol. The van der Waals surface area contributed by atoms with Crippen LogP contribution in [0.2, 0.25) is 5.02 Å².